The molecule has 1 fully saturated rings. The highest BCUT2D eigenvalue weighted by Crippen LogP contribution is 2.23. The number of nitrogens with one attached hydrogen (secondary N) is 1. The van der Waals surface area contributed by atoms with Crippen molar-refractivity contribution in [1.29, 1.82) is 0 Å². The first-order valence-corrected chi connectivity index (χ1v) is 7.68. The zero-order valence-corrected chi connectivity index (χ0v) is 13.6. The lowest BCUT2D eigenvalue weighted by molar-refractivity contribution is -0.165. The molecule has 1 aromatic carbocycles. The lowest BCUT2D eigenvalue weighted by atomic mass is 10.2. The second-order valence-electron chi connectivity index (χ2n) is 5.53. The van der Waals surface area contributed by atoms with Gasteiger partial charge in [0.05, 0.1) is 0 Å². The van der Waals surface area contributed by atoms with Crippen LogP contribution in [-0.2, 0) is 9.59 Å². The molecule has 1 heterocycles. The summed E-state index contributed by atoms with van der Waals surface area (Å²) in [5, 5.41) is 3.20. The zero-order chi connectivity index (χ0) is 17.9. The number of ketones is 1. The Morgan fingerprint density at radius 1 is 1.38 bits per heavy atom. The minimum absolute atomic E-state index is 0.350. The van der Waals surface area contributed by atoms with Crippen molar-refractivity contribution in [1.82, 2.24) is 4.90 Å². The van der Waals surface area contributed by atoms with Crippen LogP contribution in [0.4, 0.5) is 18.9 Å². The number of allylic oxidation sites excluding steroid dienone is 1. The number of benzene rings is 1. The molecular weight excluding hydrogens is 345 g/mol. The summed E-state index contributed by atoms with van der Waals surface area (Å²) < 4.78 is 36.7. The Kier molecular flexibility index (Phi) is 5.54. The molecule has 0 saturated carbocycles. The smallest absolute Gasteiger partial charge is 0.365 e. The van der Waals surface area contributed by atoms with Crippen molar-refractivity contribution in [3.8, 4) is 0 Å². The van der Waals surface area contributed by atoms with E-state index in [-0.39, 0.29) is 5.91 Å². The molecule has 1 aliphatic heterocycles. The highest BCUT2D eigenvalue weighted by atomic mass is 35.5. The lowest BCUT2D eigenvalue weighted by Gasteiger charge is -2.22. The number of halogens is 4. The molecule has 0 bridgehead atoms. The highest BCUT2D eigenvalue weighted by Gasteiger charge is 2.37. The maximum atomic E-state index is 12.3. The van der Waals surface area contributed by atoms with E-state index in [1.807, 2.05) is 6.92 Å². The van der Waals surface area contributed by atoms with E-state index in [0.717, 1.165) is 11.8 Å². The van der Waals surface area contributed by atoms with Gasteiger partial charge < -0.3 is 10.2 Å². The van der Waals surface area contributed by atoms with Crippen LogP contribution in [0.15, 0.2) is 30.5 Å². The third-order valence-corrected chi connectivity index (χ3v) is 4.14. The number of anilines is 1. The quantitative estimate of drug-likeness (QED) is 0.833. The molecule has 130 valence electrons. The number of nitrogens with zero attached hydrogens (tertiary/aromatic N) is 1. The maximum absolute atomic E-state index is 12.3. The van der Waals surface area contributed by atoms with Gasteiger partial charge in [-0.3, -0.25) is 9.59 Å². The van der Waals surface area contributed by atoms with Crippen molar-refractivity contribution in [2.75, 3.05) is 11.9 Å². The van der Waals surface area contributed by atoms with Gasteiger partial charge in [-0.2, -0.15) is 13.2 Å². The molecule has 0 aromatic heterocycles. The number of alkyl halides is 3. The SMILES string of the molecule is Cc1ccc(NC(=O)[C@H]2CCCN2/C=C/C(=O)C(F)(F)F)cc1Cl. The van der Waals surface area contributed by atoms with Gasteiger partial charge in [-0.15, -0.1) is 0 Å². The Hall–Kier alpha value is -2.02. The van der Waals surface area contributed by atoms with Crippen molar-refractivity contribution in [3.63, 3.8) is 0 Å². The van der Waals surface area contributed by atoms with Crippen molar-refractivity contribution in [2.24, 2.45) is 0 Å². The van der Waals surface area contributed by atoms with Gasteiger partial charge in [0.15, 0.2) is 0 Å². The second-order valence-corrected chi connectivity index (χ2v) is 5.93. The topological polar surface area (TPSA) is 49.4 Å². The van der Waals surface area contributed by atoms with E-state index in [0.29, 0.717) is 36.2 Å². The van der Waals surface area contributed by atoms with Gasteiger partial charge in [0, 0.05) is 29.5 Å². The summed E-state index contributed by atoms with van der Waals surface area (Å²) in [6.07, 6.45) is -2.27. The Morgan fingerprint density at radius 2 is 2.08 bits per heavy atom. The lowest BCUT2D eigenvalue weighted by Crippen LogP contribution is -2.36. The fourth-order valence-electron chi connectivity index (χ4n) is 2.40. The number of aryl methyl sites for hydroxylation is 1. The first-order valence-electron chi connectivity index (χ1n) is 7.30. The van der Waals surface area contributed by atoms with Crippen molar-refractivity contribution >= 4 is 29.0 Å². The first kappa shape index (κ1) is 18.3. The minimum atomic E-state index is -4.91. The Morgan fingerprint density at radius 3 is 2.71 bits per heavy atom. The minimum Gasteiger partial charge on any atom is -0.365 e. The van der Waals surface area contributed by atoms with Gasteiger partial charge in [0.2, 0.25) is 5.91 Å². The van der Waals surface area contributed by atoms with Crippen LogP contribution < -0.4 is 5.32 Å². The van der Waals surface area contributed by atoms with Crippen LogP contribution in [0.5, 0.6) is 0 Å². The normalized spacial score (nSPS) is 18.2. The molecule has 24 heavy (non-hydrogen) atoms. The Labute approximate surface area is 142 Å². The predicted octanol–water partition coefficient (Wildman–Crippen LogP) is 3.70. The number of rotatable bonds is 4. The molecule has 1 amide bonds. The Bertz CT molecular complexity index is 674. The first-order chi connectivity index (χ1) is 11.2. The van der Waals surface area contributed by atoms with Crippen molar-refractivity contribution in [2.45, 2.75) is 32.0 Å². The van der Waals surface area contributed by atoms with E-state index in [9.17, 15) is 22.8 Å². The molecule has 2 rings (SSSR count). The summed E-state index contributed by atoms with van der Waals surface area (Å²) in [5.41, 5.74) is 1.38. The van der Waals surface area contributed by atoms with Crippen LogP contribution in [0.25, 0.3) is 0 Å². The number of carbonyl (C=O) groups excluding carboxylic acids is 2. The molecule has 1 aromatic rings. The maximum Gasteiger partial charge on any atom is 0.454 e. The standard InChI is InChI=1S/C16H16ClF3N2O2/c1-10-4-5-11(9-12(10)17)21-15(24)13-3-2-7-22(13)8-6-14(23)16(18,19)20/h4-6,8-9,13H,2-3,7H2,1H3,(H,21,24)/b8-6+/t13-/m1/s1. The molecule has 1 saturated heterocycles. The predicted molar refractivity (Wildman–Crippen MR) is 84.7 cm³/mol. The third kappa shape index (κ3) is 4.50. The molecule has 1 aliphatic rings. The molecule has 4 nitrogen and oxygen atoms in total. The van der Waals surface area contributed by atoms with Crippen LogP contribution in [-0.4, -0.2) is 35.4 Å². The molecular formula is C16H16ClF3N2O2. The van der Waals surface area contributed by atoms with E-state index >= 15 is 0 Å². The van der Waals surface area contributed by atoms with Gasteiger partial charge in [0.1, 0.15) is 6.04 Å². The van der Waals surface area contributed by atoms with E-state index < -0.39 is 18.0 Å². The largest absolute Gasteiger partial charge is 0.454 e. The second kappa shape index (κ2) is 7.25. The van der Waals surface area contributed by atoms with Gasteiger partial charge in [-0.25, -0.2) is 0 Å². The van der Waals surface area contributed by atoms with Crippen LogP contribution in [0, 0.1) is 6.92 Å². The van der Waals surface area contributed by atoms with Crippen LogP contribution in [0.2, 0.25) is 5.02 Å². The van der Waals surface area contributed by atoms with Crippen LogP contribution >= 0.6 is 11.6 Å². The summed E-state index contributed by atoms with van der Waals surface area (Å²) in [4.78, 5) is 24.7. The molecule has 1 atom stereocenters. The van der Waals surface area contributed by atoms with Crippen LogP contribution in [0.3, 0.4) is 0 Å². The van der Waals surface area contributed by atoms with E-state index in [2.05, 4.69) is 5.32 Å². The van der Waals surface area contributed by atoms with Gasteiger partial charge in [-0.1, -0.05) is 17.7 Å². The summed E-state index contributed by atoms with van der Waals surface area (Å²) >= 11 is 6.00. The molecule has 0 aliphatic carbocycles. The van der Waals surface area contributed by atoms with Crippen LogP contribution in [0.1, 0.15) is 18.4 Å². The monoisotopic (exact) mass is 360 g/mol. The highest BCUT2D eigenvalue weighted by molar-refractivity contribution is 6.31. The summed E-state index contributed by atoms with van der Waals surface area (Å²) in [7, 11) is 0. The number of amides is 1. The number of hydrogen-bond donors (Lipinski definition) is 1. The number of hydrogen-bond acceptors (Lipinski definition) is 3. The molecule has 0 spiro atoms. The van der Waals surface area contributed by atoms with E-state index in [1.165, 1.54) is 4.90 Å². The van der Waals surface area contributed by atoms with E-state index in [4.69, 9.17) is 11.6 Å². The molecule has 8 heteroatoms. The Balaban J connectivity index is 2.04. The van der Waals surface area contributed by atoms with E-state index in [1.54, 1.807) is 18.2 Å². The average Bonchev–Trinajstić information content (AvgIpc) is 2.96. The number of likely N-dealkylation sites (tertiary alicyclic amines) is 1. The third-order valence-electron chi connectivity index (χ3n) is 3.73. The van der Waals surface area contributed by atoms with Crippen molar-refractivity contribution in [3.05, 3.63) is 41.1 Å². The fourth-order valence-corrected chi connectivity index (χ4v) is 2.58. The molecule has 1 N–H and O–H groups in total. The van der Waals surface area contributed by atoms with Gasteiger partial charge in [-0.05, 0) is 37.5 Å². The molecule has 0 radical (unpaired) electrons. The van der Waals surface area contributed by atoms with Crippen molar-refractivity contribution < 1.29 is 22.8 Å². The average molecular weight is 361 g/mol. The summed E-state index contributed by atoms with van der Waals surface area (Å²) in [5.74, 6) is -2.30. The molecule has 0 unspecified atom stereocenters. The van der Waals surface area contributed by atoms with Gasteiger partial charge in [0.25, 0.3) is 5.78 Å². The summed E-state index contributed by atoms with van der Waals surface area (Å²) in [6.45, 7) is 2.24. The summed E-state index contributed by atoms with van der Waals surface area (Å²) in [6, 6.07) is 4.44. The van der Waals surface area contributed by atoms with Gasteiger partial charge >= 0.3 is 6.18 Å². The fraction of sp³-hybridized carbons (Fsp3) is 0.375. The number of carbonyl (C=O) groups is 2. The zero-order valence-electron chi connectivity index (χ0n) is 12.9.